The Morgan fingerprint density at radius 1 is 1.11 bits per heavy atom. The molecule has 0 atom stereocenters. The van der Waals surface area contributed by atoms with E-state index in [9.17, 15) is 0 Å². The highest BCUT2D eigenvalue weighted by Gasteiger charge is 2.01. The summed E-state index contributed by atoms with van der Waals surface area (Å²) in [6, 6.07) is 10.3. The van der Waals surface area contributed by atoms with E-state index in [-0.39, 0.29) is 24.0 Å². The van der Waals surface area contributed by atoms with Gasteiger partial charge in [-0.05, 0) is 25.0 Å². The van der Waals surface area contributed by atoms with Gasteiger partial charge in [-0.1, -0.05) is 18.2 Å². The van der Waals surface area contributed by atoms with E-state index in [4.69, 9.17) is 0 Å². The third-order valence-electron chi connectivity index (χ3n) is 2.65. The molecular formula is C13H21IN4. The minimum absolute atomic E-state index is 0. The number of para-hydroxylation sites is 1. The zero-order valence-electron chi connectivity index (χ0n) is 10.5. The van der Waals surface area contributed by atoms with Crippen LogP contribution < -0.4 is 16.0 Å². The molecule has 0 fully saturated rings. The summed E-state index contributed by atoms with van der Waals surface area (Å²) in [4.78, 5) is 4.36. The summed E-state index contributed by atoms with van der Waals surface area (Å²) in [5.74, 6) is 0.955. The summed E-state index contributed by atoms with van der Waals surface area (Å²) in [6.45, 7) is 3.90. The predicted molar refractivity (Wildman–Crippen MR) is 87.9 cm³/mol. The van der Waals surface area contributed by atoms with E-state index in [0.717, 1.165) is 45.0 Å². The van der Waals surface area contributed by atoms with Crippen LogP contribution in [0, 0.1) is 0 Å². The third-order valence-corrected chi connectivity index (χ3v) is 2.65. The number of nitrogens with one attached hydrogen (secondary N) is 3. The molecule has 4 nitrogen and oxygen atoms in total. The highest BCUT2D eigenvalue weighted by Crippen LogP contribution is 2.04. The number of hydrogen-bond donors (Lipinski definition) is 3. The zero-order valence-corrected chi connectivity index (χ0v) is 12.8. The first-order valence-corrected chi connectivity index (χ1v) is 6.26. The van der Waals surface area contributed by atoms with Gasteiger partial charge in [0.2, 0.25) is 0 Å². The lowest BCUT2D eigenvalue weighted by Gasteiger charge is -2.16. The molecule has 0 amide bonds. The lowest BCUT2D eigenvalue weighted by Crippen LogP contribution is -2.41. The Bertz CT molecular complexity index is 353. The van der Waals surface area contributed by atoms with Crippen molar-refractivity contribution in [3.63, 3.8) is 0 Å². The number of guanidine groups is 1. The predicted octanol–water partition coefficient (Wildman–Crippen LogP) is 2.05. The second kappa shape index (κ2) is 9.02. The normalized spacial score (nSPS) is 13.9. The van der Waals surface area contributed by atoms with Gasteiger partial charge in [0.05, 0.1) is 0 Å². The molecule has 0 unspecified atom stereocenters. The molecule has 1 aromatic rings. The van der Waals surface area contributed by atoms with E-state index in [1.54, 1.807) is 0 Å². The van der Waals surface area contributed by atoms with E-state index >= 15 is 0 Å². The van der Waals surface area contributed by atoms with E-state index in [0.29, 0.717) is 0 Å². The van der Waals surface area contributed by atoms with Crippen LogP contribution in [0.5, 0.6) is 0 Å². The number of benzene rings is 1. The van der Waals surface area contributed by atoms with Gasteiger partial charge in [0, 0.05) is 31.9 Å². The molecule has 18 heavy (non-hydrogen) atoms. The Morgan fingerprint density at radius 2 is 1.89 bits per heavy atom. The summed E-state index contributed by atoms with van der Waals surface area (Å²) in [6.07, 6.45) is 2.22. The van der Waals surface area contributed by atoms with Crippen molar-refractivity contribution in [1.82, 2.24) is 10.6 Å². The van der Waals surface area contributed by atoms with Crippen LogP contribution in [0.3, 0.4) is 0 Å². The van der Waals surface area contributed by atoms with Crippen LogP contribution >= 0.6 is 24.0 Å². The molecule has 0 bridgehead atoms. The molecule has 3 N–H and O–H groups in total. The van der Waals surface area contributed by atoms with Crippen molar-refractivity contribution in [1.29, 1.82) is 0 Å². The van der Waals surface area contributed by atoms with Gasteiger partial charge in [0.25, 0.3) is 0 Å². The van der Waals surface area contributed by atoms with Crippen molar-refractivity contribution in [3.8, 4) is 0 Å². The van der Waals surface area contributed by atoms with Gasteiger partial charge in [0.1, 0.15) is 0 Å². The Kier molecular flexibility index (Phi) is 7.55. The fourth-order valence-corrected chi connectivity index (χ4v) is 1.73. The first-order chi connectivity index (χ1) is 8.45. The monoisotopic (exact) mass is 360 g/mol. The zero-order chi connectivity index (χ0) is 11.8. The highest BCUT2D eigenvalue weighted by atomic mass is 127. The first-order valence-electron chi connectivity index (χ1n) is 6.26. The fourth-order valence-electron chi connectivity index (χ4n) is 1.73. The Labute approximate surface area is 126 Å². The second-order valence-electron chi connectivity index (χ2n) is 4.08. The Balaban J connectivity index is 0.00000162. The van der Waals surface area contributed by atoms with E-state index in [1.165, 1.54) is 5.69 Å². The van der Waals surface area contributed by atoms with Crippen molar-refractivity contribution in [2.24, 2.45) is 4.99 Å². The summed E-state index contributed by atoms with van der Waals surface area (Å²) < 4.78 is 0. The maximum atomic E-state index is 4.36. The van der Waals surface area contributed by atoms with Gasteiger partial charge in [-0.2, -0.15) is 0 Å². The smallest absolute Gasteiger partial charge is 0.191 e. The molecular weight excluding hydrogens is 339 g/mol. The minimum Gasteiger partial charge on any atom is -0.385 e. The summed E-state index contributed by atoms with van der Waals surface area (Å²) in [7, 11) is 0. The Hall–Kier alpha value is -0.980. The van der Waals surface area contributed by atoms with E-state index < -0.39 is 0 Å². The van der Waals surface area contributed by atoms with Gasteiger partial charge in [-0.25, -0.2) is 0 Å². The van der Waals surface area contributed by atoms with Crippen molar-refractivity contribution in [2.45, 2.75) is 12.8 Å². The number of halogens is 1. The first kappa shape index (κ1) is 15.1. The molecule has 0 aliphatic carbocycles. The molecule has 1 aromatic carbocycles. The highest BCUT2D eigenvalue weighted by molar-refractivity contribution is 14.0. The van der Waals surface area contributed by atoms with Crippen molar-refractivity contribution < 1.29 is 0 Å². The molecule has 2 rings (SSSR count). The Morgan fingerprint density at radius 3 is 2.61 bits per heavy atom. The van der Waals surface area contributed by atoms with Gasteiger partial charge in [-0.3, -0.25) is 4.99 Å². The molecule has 100 valence electrons. The molecule has 1 aliphatic rings. The maximum absolute atomic E-state index is 4.36. The third kappa shape index (κ3) is 5.57. The molecule has 0 radical (unpaired) electrons. The van der Waals surface area contributed by atoms with Gasteiger partial charge < -0.3 is 16.0 Å². The average molecular weight is 360 g/mol. The molecule has 0 saturated carbocycles. The number of anilines is 1. The van der Waals surface area contributed by atoms with Gasteiger partial charge >= 0.3 is 0 Å². The largest absolute Gasteiger partial charge is 0.385 e. The van der Waals surface area contributed by atoms with Crippen LogP contribution in [0.4, 0.5) is 5.69 Å². The standard InChI is InChI=1S/C13H20N4.HI/c1-2-6-12(7-3-1)14-8-4-9-15-13-16-10-5-11-17-13;/h1-3,6-7,14H,4-5,8-11H2,(H2,15,16,17);1H. The second-order valence-corrected chi connectivity index (χ2v) is 4.08. The number of hydrogen-bond acceptors (Lipinski definition) is 4. The fraction of sp³-hybridized carbons (Fsp3) is 0.462. The topological polar surface area (TPSA) is 48.5 Å². The van der Waals surface area contributed by atoms with E-state index in [1.807, 2.05) is 18.2 Å². The van der Waals surface area contributed by atoms with Crippen molar-refractivity contribution in [3.05, 3.63) is 30.3 Å². The van der Waals surface area contributed by atoms with Crippen LogP contribution in [0.2, 0.25) is 0 Å². The molecule has 5 heteroatoms. The lowest BCUT2D eigenvalue weighted by molar-refractivity contribution is 0.692. The average Bonchev–Trinajstić information content (AvgIpc) is 2.41. The van der Waals surface area contributed by atoms with Crippen molar-refractivity contribution in [2.75, 3.05) is 31.5 Å². The molecule has 0 aromatic heterocycles. The van der Waals surface area contributed by atoms with Crippen LogP contribution in [0.15, 0.2) is 35.3 Å². The van der Waals surface area contributed by atoms with Gasteiger partial charge in [-0.15, -0.1) is 24.0 Å². The molecule has 0 spiro atoms. The molecule has 1 heterocycles. The number of aliphatic imine (C=N–C) groups is 1. The van der Waals surface area contributed by atoms with Crippen LogP contribution in [0.25, 0.3) is 0 Å². The lowest BCUT2D eigenvalue weighted by atomic mass is 10.3. The number of rotatable bonds is 5. The molecule has 1 aliphatic heterocycles. The maximum Gasteiger partial charge on any atom is 0.191 e. The van der Waals surface area contributed by atoms with Gasteiger partial charge in [0.15, 0.2) is 5.96 Å². The SMILES string of the molecule is I.c1ccc(NCCCNC2=NCCCN2)cc1. The summed E-state index contributed by atoms with van der Waals surface area (Å²) in [5, 5.41) is 9.94. The summed E-state index contributed by atoms with van der Waals surface area (Å²) in [5.41, 5.74) is 1.18. The van der Waals surface area contributed by atoms with E-state index in [2.05, 4.69) is 33.1 Å². The summed E-state index contributed by atoms with van der Waals surface area (Å²) >= 11 is 0. The van der Waals surface area contributed by atoms with Crippen LogP contribution in [0.1, 0.15) is 12.8 Å². The molecule has 0 saturated heterocycles. The van der Waals surface area contributed by atoms with Crippen LogP contribution in [-0.2, 0) is 0 Å². The van der Waals surface area contributed by atoms with Crippen molar-refractivity contribution >= 4 is 35.6 Å². The number of nitrogens with zero attached hydrogens (tertiary/aromatic N) is 1. The van der Waals surface area contributed by atoms with Crippen LogP contribution in [-0.4, -0.2) is 32.1 Å². The quantitative estimate of drug-likeness (QED) is 0.557. The minimum atomic E-state index is 0.